The second-order valence-electron chi connectivity index (χ2n) is 2.74. The first-order chi connectivity index (χ1) is 6.76. The zero-order valence-corrected chi connectivity index (χ0v) is 7.83. The van der Waals surface area contributed by atoms with E-state index in [1.807, 2.05) is 6.07 Å². The molecule has 1 unspecified atom stereocenters. The summed E-state index contributed by atoms with van der Waals surface area (Å²) < 4.78 is 17.8. The lowest BCUT2D eigenvalue weighted by atomic mass is 10.3. The molecule has 0 spiro atoms. The van der Waals surface area contributed by atoms with Crippen LogP contribution in [0.25, 0.3) is 0 Å². The van der Waals surface area contributed by atoms with Crippen LogP contribution >= 0.6 is 0 Å². The number of ether oxygens (including phenoxy) is 1. The molecule has 3 nitrogen and oxygen atoms in total. The van der Waals surface area contributed by atoms with Gasteiger partial charge in [0.1, 0.15) is 24.2 Å². The van der Waals surface area contributed by atoms with E-state index in [9.17, 15) is 4.39 Å². The average molecular weight is 194 g/mol. The summed E-state index contributed by atoms with van der Waals surface area (Å²) in [5, 5.41) is 11.4. The molecule has 0 aromatic heterocycles. The van der Waals surface area contributed by atoms with Gasteiger partial charge in [-0.3, -0.25) is 0 Å². The van der Waals surface area contributed by atoms with Gasteiger partial charge in [0.25, 0.3) is 0 Å². The highest BCUT2D eigenvalue weighted by molar-refractivity contribution is 5.22. The SMILES string of the molecule is CNC(C#N)COc1ccc(F)cc1. The zero-order chi connectivity index (χ0) is 10.4. The Morgan fingerprint density at radius 2 is 2.14 bits per heavy atom. The van der Waals surface area contributed by atoms with Crippen molar-refractivity contribution in [2.45, 2.75) is 6.04 Å². The van der Waals surface area contributed by atoms with Crippen molar-refractivity contribution < 1.29 is 9.13 Å². The normalized spacial score (nSPS) is 11.8. The molecule has 0 amide bonds. The summed E-state index contributed by atoms with van der Waals surface area (Å²) in [5.41, 5.74) is 0. The van der Waals surface area contributed by atoms with Crippen LogP contribution in [0.2, 0.25) is 0 Å². The second-order valence-corrected chi connectivity index (χ2v) is 2.74. The lowest BCUT2D eigenvalue weighted by molar-refractivity contribution is 0.294. The highest BCUT2D eigenvalue weighted by Crippen LogP contribution is 2.10. The smallest absolute Gasteiger partial charge is 0.129 e. The van der Waals surface area contributed by atoms with Crippen molar-refractivity contribution in [2.24, 2.45) is 0 Å². The van der Waals surface area contributed by atoms with Crippen molar-refractivity contribution in [1.82, 2.24) is 5.32 Å². The van der Waals surface area contributed by atoms with Crippen LogP contribution in [-0.4, -0.2) is 19.7 Å². The summed E-state index contributed by atoms with van der Waals surface area (Å²) in [6, 6.07) is 7.36. The third kappa shape index (κ3) is 3.04. The molecule has 14 heavy (non-hydrogen) atoms. The van der Waals surface area contributed by atoms with Crippen LogP contribution in [0.3, 0.4) is 0 Å². The van der Waals surface area contributed by atoms with Crippen molar-refractivity contribution in [3.05, 3.63) is 30.1 Å². The van der Waals surface area contributed by atoms with Crippen LogP contribution in [0.1, 0.15) is 0 Å². The molecule has 1 rings (SSSR count). The fourth-order valence-corrected chi connectivity index (χ4v) is 0.896. The van der Waals surface area contributed by atoms with Gasteiger partial charge < -0.3 is 10.1 Å². The Hall–Kier alpha value is -1.60. The number of hydrogen-bond donors (Lipinski definition) is 1. The Kier molecular flexibility index (Phi) is 3.89. The molecule has 1 N–H and O–H groups in total. The number of nitrogens with one attached hydrogen (secondary N) is 1. The van der Waals surface area contributed by atoms with Crippen LogP contribution in [0.4, 0.5) is 4.39 Å². The Labute approximate surface area is 82.1 Å². The van der Waals surface area contributed by atoms with Gasteiger partial charge in [0.05, 0.1) is 6.07 Å². The first-order valence-electron chi connectivity index (χ1n) is 4.21. The van der Waals surface area contributed by atoms with E-state index >= 15 is 0 Å². The average Bonchev–Trinajstić information content (AvgIpc) is 2.22. The largest absolute Gasteiger partial charge is 0.491 e. The van der Waals surface area contributed by atoms with Crippen LogP contribution in [0.5, 0.6) is 5.75 Å². The van der Waals surface area contributed by atoms with Gasteiger partial charge in [0.2, 0.25) is 0 Å². The van der Waals surface area contributed by atoms with Gasteiger partial charge in [0, 0.05) is 0 Å². The maximum Gasteiger partial charge on any atom is 0.129 e. The maximum absolute atomic E-state index is 12.5. The van der Waals surface area contributed by atoms with E-state index in [0.717, 1.165) is 0 Å². The molecule has 0 heterocycles. The van der Waals surface area contributed by atoms with Crippen LogP contribution in [0, 0.1) is 17.1 Å². The topological polar surface area (TPSA) is 45.0 Å². The van der Waals surface area contributed by atoms with E-state index in [1.165, 1.54) is 24.3 Å². The molecule has 0 radical (unpaired) electrons. The fraction of sp³-hybridized carbons (Fsp3) is 0.300. The van der Waals surface area contributed by atoms with Gasteiger partial charge in [-0.2, -0.15) is 5.26 Å². The summed E-state index contributed by atoms with van der Waals surface area (Å²) in [4.78, 5) is 0. The van der Waals surface area contributed by atoms with E-state index in [4.69, 9.17) is 10.00 Å². The molecule has 0 saturated heterocycles. The van der Waals surface area contributed by atoms with E-state index in [2.05, 4.69) is 5.32 Å². The molecular weight excluding hydrogens is 183 g/mol. The van der Waals surface area contributed by atoms with Crippen molar-refractivity contribution in [1.29, 1.82) is 5.26 Å². The minimum Gasteiger partial charge on any atom is -0.491 e. The highest BCUT2D eigenvalue weighted by atomic mass is 19.1. The summed E-state index contributed by atoms with van der Waals surface area (Å²) in [6.45, 7) is 0.249. The van der Waals surface area contributed by atoms with E-state index in [0.29, 0.717) is 5.75 Å². The van der Waals surface area contributed by atoms with Gasteiger partial charge in [-0.1, -0.05) is 0 Å². The molecule has 0 fully saturated rings. The Morgan fingerprint density at radius 1 is 1.50 bits per heavy atom. The van der Waals surface area contributed by atoms with Crippen LogP contribution in [-0.2, 0) is 0 Å². The molecule has 1 aromatic rings. The second kappa shape index (κ2) is 5.20. The van der Waals surface area contributed by atoms with Gasteiger partial charge >= 0.3 is 0 Å². The van der Waals surface area contributed by atoms with Crippen LogP contribution in [0.15, 0.2) is 24.3 Å². The molecule has 0 bridgehead atoms. The zero-order valence-electron chi connectivity index (χ0n) is 7.83. The molecule has 4 heteroatoms. The summed E-state index contributed by atoms with van der Waals surface area (Å²) in [5.74, 6) is 0.254. The van der Waals surface area contributed by atoms with Crippen molar-refractivity contribution in [3.8, 4) is 11.8 Å². The molecule has 0 saturated carbocycles. The van der Waals surface area contributed by atoms with Gasteiger partial charge in [-0.15, -0.1) is 0 Å². The lowest BCUT2D eigenvalue weighted by Gasteiger charge is -2.09. The Morgan fingerprint density at radius 3 is 2.64 bits per heavy atom. The van der Waals surface area contributed by atoms with Gasteiger partial charge in [-0.25, -0.2) is 4.39 Å². The summed E-state index contributed by atoms with van der Waals surface area (Å²) in [7, 11) is 1.68. The minimum absolute atomic E-state index is 0.249. The third-order valence-corrected chi connectivity index (χ3v) is 1.73. The molecule has 0 aliphatic heterocycles. The quantitative estimate of drug-likeness (QED) is 0.786. The number of likely N-dealkylation sites (N-methyl/N-ethyl adjacent to an activating group) is 1. The van der Waals surface area contributed by atoms with Gasteiger partial charge in [0.15, 0.2) is 0 Å². The summed E-state index contributed by atoms with van der Waals surface area (Å²) >= 11 is 0. The fourth-order valence-electron chi connectivity index (χ4n) is 0.896. The van der Waals surface area contributed by atoms with Crippen molar-refractivity contribution >= 4 is 0 Å². The standard InChI is InChI=1S/C10H11FN2O/c1-13-9(6-12)7-14-10-4-2-8(11)3-5-10/h2-5,9,13H,7H2,1H3. The molecule has 1 aromatic carbocycles. The number of halogens is 1. The minimum atomic E-state index is -0.347. The highest BCUT2D eigenvalue weighted by Gasteiger charge is 2.04. The molecule has 0 aliphatic carbocycles. The molecule has 0 aliphatic rings. The van der Waals surface area contributed by atoms with E-state index in [1.54, 1.807) is 7.05 Å². The molecule has 74 valence electrons. The number of rotatable bonds is 4. The van der Waals surface area contributed by atoms with Gasteiger partial charge in [-0.05, 0) is 31.3 Å². The summed E-state index contributed by atoms with van der Waals surface area (Å²) in [6.07, 6.45) is 0. The Balaban J connectivity index is 2.46. The van der Waals surface area contributed by atoms with Crippen molar-refractivity contribution in [2.75, 3.05) is 13.7 Å². The van der Waals surface area contributed by atoms with Crippen LogP contribution < -0.4 is 10.1 Å². The lowest BCUT2D eigenvalue weighted by Crippen LogP contribution is -2.29. The first kappa shape index (κ1) is 10.5. The maximum atomic E-state index is 12.5. The van der Waals surface area contributed by atoms with E-state index in [-0.39, 0.29) is 18.5 Å². The number of benzene rings is 1. The monoisotopic (exact) mass is 194 g/mol. The third-order valence-electron chi connectivity index (χ3n) is 1.73. The number of hydrogen-bond acceptors (Lipinski definition) is 3. The predicted molar refractivity (Wildman–Crippen MR) is 50.4 cm³/mol. The Bertz CT molecular complexity index is 318. The first-order valence-corrected chi connectivity index (χ1v) is 4.21. The number of nitriles is 1. The number of nitrogens with zero attached hydrogens (tertiary/aromatic N) is 1. The molecular formula is C10H11FN2O. The van der Waals surface area contributed by atoms with Crippen molar-refractivity contribution in [3.63, 3.8) is 0 Å². The molecule has 1 atom stereocenters. The predicted octanol–water partition coefficient (Wildman–Crippen LogP) is 1.32. The van der Waals surface area contributed by atoms with E-state index < -0.39 is 0 Å².